The van der Waals surface area contributed by atoms with E-state index in [9.17, 15) is 9.59 Å². The number of nitrogens with one attached hydrogen (secondary N) is 1. The van der Waals surface area contributed by atoms with Crippen LogP contribution < -0.4 is 5.32 Å². The lowest BCUT2D eigenvalue weighted by Crippen LogP contribution is -2.71. The van der Waals surface area contributed by atoms with Crippen LogP contribution in [0.3, 0.4) is 0 Å². The minimum atomic E-state index is -1.03. The molecule has 1 fully saturated rings. The molecule has 1 aromatic rings. The van der Waals surface area contributed by atoms with E-state index in [4.69, 9.17) is 0 Å². The van der Waals surface area contributed by atoms with E-state index in [1.807, 2.05) is 30.3 Å². The lowest BCUT2D eigenvalue weighted by atomic mass is 9.83. The molecule has 0 aromatic heterocycles. The summed E-state index contributed by atoms with van der Waals surface area (Å²) in [6.07, 6.45) is 1.64. The van der Waals surface area contributed by atoms with Crippen molar-refractivity contribution in [1.29, 1.82) is 0 Å². The molecule has 0 bridgehead atoms. The van der Waals surface area contributed by atoms with Crippen molar-refractivity contribution >= 4 is 11.8 Å². The van der Waals surface area contributed by atoms with Gasteiger partial charge < -0.3 is 10.2 Å². The molecule has 1 N–H and O–H groups in total. The minimum absolute atomic E-state index is 0.117. The van der Waals surface area contributed by atoms with Gasteiger partial charge in [-0.25, -0.2) is 0 Å². The molecular formula is C16H20N2O2. The number of hydrogen-bond donors (Lipinski definition) is 1. The fraction of sp³-hybridized carbons (Fsp3) is 0.375. The van der Waals surface area contributed by atoms with Crippen LogP contribution in [-0.2, 0) is 15.1 Å². The second kappa shape index (κ2) is 4.78. The number of hydrogen-bond acceptors (Lipinski definition) is 2. The molecule has 1 aromatic carbocycles. The second-order valence-corrected chi connectivity index (χ2v) is 5.71. The Kier molecular flexibility index (Phi) is 3.42. The molecule has 4 heteroatoms. The van der Waals surface area contributed by atoms with Gasteiger partial charge in [-0.15, -0.1) is 6.58 Å². The zero-order valence-corrected chi connectivity index (χ0v) is 12.1. The molecule has 2 amide bonds. The lowest BCUT2D eigenvalue weighted by molar-refractivity contribution is -0.160. The third-order valence-electron chi connectivity index (χ3n) is 3.93. The smallest absolute Gasteiger partial charge is 0.253 e. The summed E-state index contributed by atoms with van der Waals surface area (Å²) in [4.78, 5) is 26.8. The van der Waals surface area contributed by atoms with Gasteiger partial charge in [0.25, 0.3) is 5.91 Å². The standard InChI is InChI=1S/C16H20N2O2/c1-5-11-18-14(20)16(4,12-9-7-6-8-10-12)17-13(19)15(18,2)3/h5-10H,1,11H2,2-4H3,(H,17,19). The van der Waals surface area contributed by atoms with Gasteiger partial charge in [-0.2, -0.15) is 0 Å². The van der Waals surface area contributed by atoms with Crippen LogP contribution in [0.25, 0.3) is 0 Å². The van der Waals surface area contributed by atoms with E-state index in [1.165, 1.54) is 0 Å². The molecule has 0 spiro atoms. The highest BCUT2D eigenvalue weighted by molar-refractivity contribution is 6.02. The SMILES string of the molecule is C=CCN1C(=O)C(C)(c2ccccc2)NC(=O)C1(C)C. The molecule has 0 saturated carbocycles. The fourth-order valence-electron chi connectivity index (χ4n) is 2.49. The van der Waals surface area contributed by atoms with E-state index in [1.54, 1.807) is 31.7 Å². The predicted molar refractivity (Wildman–Crippen MR) is 77.9 cm³/mol. The van der Waals surface area contributed by atoms with Crippen molar-refractivity contribution in [2.75, 3.05) is 6.54 Å². The number of amides is 2. The molecule has 1 heterocycles. The van der Waals surface area contributed by atoms with Crippen LogP contribution in [0.4, 0.5) is 0 Å². The van der Waals surface area contributed by atoms with Crippen molar-refractivity contribution in [3.8, 4) is 0 Å². The van der Waals surface area contributed by atoms with Crippen molar-refractivity contribution in [2.45, 2.75) is 31.8 Å². The zero-order valence-electron chi connectivity index (χ0n) is 12.1. The van der Waals surface area contributed by atoms with Crippen LogP contribution in [0.5, 0.6) is 0 Å². The van der Waals surface area contributed by atoms with Gasteiger partial charge in [0.2, 0.25) is 5.91 Å². The van der Waals surface area contributed by atoms with E-state index in [2.05, 4.69) is 11.9 Å². The second-order valence-electron chi connectivity index (χ2n) is 5.71. The molecule has 4 nitrogen and oxygen atoms in total. The number of piperazine rings is 1. The Balaban J connectivity index is 2.50. The molecule has 1 aliphatic rings. The Bertz CT molecular complexity index is 551. The molecule has 0 radical (unpaired) electrons. The van der Waals surface area contributed by atoms with Crippen molar-refractivity contribution in [1.82, 2.24) is 10.2 Å². The highest BCUT2D eigenvalue weighted by Gasteiger charge is 2.52. The van der Waals surface area contributed by atoms with Gasteiger partial charge >= 0.3 is 0 Å². The van der Waals surface area contributed by atoms with E-state index in [0.29, 0.717) is 6.54 Å². The Labute approximate surface area is 119 Å². The van der Waals surface area contributed by atoms with E-state index >= 15 is 0 Å². The quantitative estimate of drug-likeness (QED) is 0.853. The van der Waals surface area contributed by atoms with Gasteiger partial charge in [0, 0.05) is 6.54 Å². The van der Waals surface area contributed by atoms with Gasteiger partial charge in [-0.3, -0.25) is 9.59 Å². The zero-order chi connectivity index (χ0) is 15.0. The highest BCUT2D eigenvalue weighted by Crippen LogP contribution is 2.32. The van der Waals surface area contributed by atoms with Gasteiger partial charge in [0.05, 0.1) is 0 Å². The van der Waals surface area contributed by atoms with Crippen molar-refractivity contribution in [3.05, 3.63) is 48.6 Å². The van der Waals surface area contributed by atoms with Crippen LogP contribution in [0.15, 0.2) is 43.0 Å². The first-order valence-corrected chi connectivity index (χ1v) is 6.65. The van der Waals surface area contributed by atoms with E-state index in [-0.39, 0.29) is 11.8 Å². The van der Waals surface area contributed by atoms with Crippen LogP contribution in [-0.4, -0.2) is 28.8 Å². The summed E-state index contributed by atoms with van der Waals surface area (Å²) in [5.41, 5.74) is -1.13. The molecule has 2 rings (SSSR count). The number of carbonyl (C=O) groups excluding carboxylic acids is 2. The first-order chi connectivity index (χ1) is 9.34. The average Bonchev–Trinajstić information content (AvgIpc) is 2.43. The molecule has 1 aliphatic heterocycles. The first-order valence-electron chi connectivity index (χ1n) is 6.65. The summed E-state index contributed by atoms with van der Waals surface area (Å²) in [5, 5.41) is 2.87. The Hall–Kier alpha value is -2.10. The van der Waals surface area contributed by atoms with Gasteiger partial charge in [0.15, 0.2) is 0 Å². The summed E-state index contributed by atoms with van der Waals surface area (Å²) in [6, 6.07) is 9.30. The van der Waals surface area contributed by atoms with Crippen molar-refractivity contribution in [2.24, 2.45) is 0 Å². The van der Waals surface area contributed by atoms with Crippen molar-refractivity contribution < 1.29 is 9.59 Å². The Morgan fingerprint density at radius 2 is 1.80 bits per heavy atom. The number of carbonyl (C=O) groups is 2. The van der Waals surface area contributed by atoms with Gasteiger partial charge in [-0.1, -0.05) is 36.4 Å². The molecule has 0 aliphatic carbocycles. The predicted octanol–water partition coefficient (Wildman–Crippen LogP) is 1.82. The molecule has 20 heavy (non-hydrogen) atoms. The largest absolute Gasteiger partial charge is 0.336 e. The minimum Gasteiger partial charge on any atom is -0.336 e. The molecule has 1 saturated heterocycles. The van der Waals surface area contributed by atoms with Gasteiger partial charge in [0.1, 0.15) is 11.1 Å². The summed E-state index contributed by atoms with van der Waals surface area (Å²) >= 11 is 0. The maximum atomic E-state index is 12.9. The Morgan fingerprint density at radius 3 is 2.35 bits per heavy atom. The topological polar surface area (TPSA) is 49.4 Å². The fourth-order valence-corrected chi connectivity index (χ4v) is 2.49. The number of nitrogens with zero attached hydrogens (tertiary/aromatic N) is 1. The maximum absolute atomic E-state index is 12.9. The van der Waals surface area contributed by atoms with Gasteiger partial charge in [-0.05, 0) is 26.3 Å². The summed E-state index contributed by atoms with van der Waals surface area (Å²) < 4.78 is 0. The maximum Gasteiger partial charge on any atom is 0.253 e. The number of benzene rings is 1. The average molecular weight is 272 g/mol. The molecule has 1 atom stereocenters. The molecule has 106 valence electrons. The summed E-state index contributed by atoms with van der Waals surface area (Å²) in [7, 11) is 0. The Morgan fingerprint density at radius 1 is 1.20 bits per heavy atom. The third kappa shape index (κ3) is 2.01. The normalized spacial score (nSPS) is 25.2. The lowest BCUT2D eigenvalue weighted by Gasteiger charge is -2.48. The monoisotopic (exact) mass is 272 g/mol. The van der Waals surface area contributed by atoms with Crippen LogP contribution in [0, 0.1) is 0 Å². The number of rotatable bonds is 3. The van der Waals surface area contributed by atoms with Crippen molar-refractivity contribution in [3.63, 3.8) is 0 Å². The van der Waals surface area contributed by atoms with Crippen LogP contribution >= 0.6 is 0 Å². The highest BCUT2D eigenvalue weighted by atomic mass is 16.2. The van der Waals surface area contributed by atoms with E-state index in [0.717, 1.165) is 5.56 Å². The molecule has 1 unspecified atom stereocenters. The first kappa shape index (κ1) is 14.3. The summed E-state index contributed by atoms with van der Waals surface area (Å²) in [5.74, 6) is -0.279. The van der Waals surface area contributed by atoms with Crippen LogP contribution in [0.1, 0.15) is 26.3 Å². The third-order valence-corrected chi connectivity index (χ3v) is 3.93. The molecular weight excluding hydrogens is 252 g/mol. The summed E-state index contributed by atoms with van der Waals surface area (Å²) in [6.45, 7) is 9.26. The van der Waals surface area contributed by atoms with E-state index < -0.39 is 11.1 Å². The van der Waals surface area contributed by atoms with Crippen LogP contribution in [0.2, 0.25) is 0 Å².